The minimum Gasteiger partial charge on any atom is -0.478 e. The topological polar surface area (TPSA) is 111 Å². The Hall–Kier alpha value is -4.43. The molecule has 0 aromatic heterocycles. The molecule has 0 saturated heterocycles. The molecule has 164 valence electrons. The Kier molecular flexibility index (Phi) is 7.22. The Balaban J connectivity index is 2.28. The molecule has 0 fully saturated rings. The van der Waals surface area contributed by atoms with E-state index in [1.165, 1.54) is 6.21 Å². The number of nitriles is 1. The van der Waals surface area contributed by atoms with E-state index in [9.17, 15) is 10.1 Å². The van der Waals surface area contributed by atoms with Gasteiger partial charge in [-0.15, -0.1) is 0 Å². The van der Waals surface area contributed by atoms with Gasteiger partial charge in [-0.05, 0) is 82.6 Å². The number of nitrogens with zero attached hydrogens (tertiary/aromatic N) is 1. The first kappa shape index (κ1) is 23.2. The van der Waals surface area contributed by atoms with Gasteiger partial charge < -0.3 is 16.2 Å². The van der Waals surface area contributed by atoms with Crippen molar-refractivity contribution in [3.8, 4) is 6.07 Å². The molecule has 0 unspecified atom stereocenters. The maximum Gasteiger partial charge on any atom is 0.328 e. The molecule has 0 aliphatic carbocycles. The van der Waals surface area contributed by atoms with Gasteiger partial charge in [0.2, 0.25) is 0 Å². The number of carboxylic acid groups (broad SMARTS) is 1. The molecule has 0 aliphatic heterocycles. The molecule has 3 aromatic carbocycles. The number of nitrogens with two attached hydrogens (primary N) is 1. The molecule has 0 bridgehead atoms. The SMILES string of the molecule is CC/C(=C(/c1ccc(/C=C/C(=O)O)cc1)c1ccc(N)c(C=N)c1)c1ccc(C#N)cc1C. The Morgan fingerprint density at radius 2 is 1.79 bits per heavy atom. The standard InChI is InChI=1S/C28H25N3O2/c1-3-24(25-11-6-20(16-29)14-18(25)2)28(22-10-12-26(31)23(15-22)17-30)21-8-4-19(5-9-21)7-13-27(32)33/h4-15,17,30H,3,31H2,1-2H3,(H,32,33)/b13-7+,28-24+,30-17?. The molecule has 4 N–H and O–H groups in total. The Morgan fingerprint density at radius 3 is 2.36 bits per heavy atom. The summed E-state index contributed by atoms with van der Waals surface area (Å²) in [6.45, 7) is 4.08. The normalized spacial score (nSPS) is 11.7. The van der Waals surface area contributed by atoms with Crippen molar-refractivity contribution in [2.45, 2.75) is 20.3 Å². The maximum atomic E-state index is 10.8. The van der Waals surface area contributed by atoms with Crippen molar-refractivity contribution in [3.63, 3.8) is 0 Å². The average Bonchev–Trinajstić information content (AvgIpc) is 2.82. The van der Waals surface area contributed by atoms with Gasteiger partial charge in [0, 0.05) is 23.5 Å². The lowest BCUT2D eigenvalue weighted by atomic mass is 9.85. The van der Waals surface area contributed by atoms with Crippen LogP contribution in [0.1, 0.15) is 52.3 Å². The third-order valence-electron chi connectivity index (χ3n) is 5.48. The maximum absolute atomic E-state index is 10.8. The summed E-state index contributed by atoms with van der Waals surface area (Å²) in [5.41, 5.74) is 14.7. The van der Waals surface area contributed by atoms with Crippen molar-refractivity contribution in [1.82, 2.24) is 0 Å². The zero-order chi connectivity index (χ0) is 24.0. The Morgan fingerprint density at radius 1 is 1.09 bits per heavy atom. The van der Waals surface area contributed by atoms with Gasteiger partial charge in [0.15, 0.2) is 0 Å². The van der Waals surface area contributed by atoms with Crippen LogP contribution in [0.2, 0.25) is 0 Å². The molecular formula is C28H25N3O2. The molecule has 0 saturated carbocycles. The first-order chi connectivity index (χ1) is 15.9. The highest BCUT2D eigenvalue weighted by Gasteiger charge is 2.16. The van der Waals surface area contributed by atoms with Crippen LogP contribution in [0.4, 0.5) is 5.69 Å². The number of aliphatic carboxylic acids is 1. The summed E-state index contributed by atoms with van der Waals surface area (Å²) in [7, 11) is 0. The first-order valence-electron chi connectivity index (χ1n) is 10.5. The monoisotopic (exact) mass is 435 g/mol. The molecule has 0 amide bonds. The van der Waals surface area contributed by atoms with Crippen LogP contribution < -0.4 is 5.73 Å². The first-order valence-corrected chi connectivity index (χ1v) is 10.5. The van der Waals surface area contributed by atoms with Gasteiger partial charge in [0.25, 0.3) is 0 Å². The average molecular weight is 436 g/mol. The number of nitrogens with one attached hydrogen (secondary N) is 1. The molecule has 3 aromatic rings. The second-order valence-electron chi connectivity index (χ2n) is 7.63. The summed E-state index contributed by atoms with van der Waals surface area (Å²) in [4.78, 5) is 10.8. The minimum absolute atomic E-state index is 0.537. The molecular weight excluding hydrogens is 410 g/mol. The van der Waals surface area contributed by atoms with E-state index in [0.717, 1.165) is 51.5 Å². The van der Waals surface area contributed by atoms with Crippen LogP contribution in [-0.2, 0) is 4.79 Å². The molecule has 0 atom stereocenters. The van der Waals surface area contributed by atoms with Gasteiger partial charge in [-0.3, -0.25) is 0 Å². The number of anilines is 1. The van der Waals surface area contributed by atoms with E-state index >= 15 is 0 Å². The second-order valence-corrected chi connectivity index (χ2v) is 7.63. The van der Waals surface area contributed by atoms with E-state index in [1.807, 2.05) is 61.5 Å². The van der Waals surface area contributed by atoms with Crippen molar-refractivity contribution in [3.05, 3.63) is 106 Å². The van der Waals surface area contributed by atoms with E-state index in [1.54, 1.807) is 12.1 Å². The van der Waals surface area contributed by atoms with Gasteiger partial charge in [-0.2, -0.15) is 5.26 Å². The number of hydrogen-bond donors (Lipinski definition) is 3. The highest BCUT2D eigenvalue weighted by Crippen LogP contribution is 2.36. The third kappa shape index (κ3) is 5.25. The van der Waals surface area contributed by atoms with Gasteiger partial charge in [-0.1, -0.05) is 43.3 Å². The van der Waals surface area contributed by atoms with E-state index in [-0.39, 0.29) is 0 Å². The van der Waals surface area contributed by atoms with Crippen LogP contribution in [0, 0.1) is 23.7 Å². The van der Waals surface area contributed by atoms with Gasteiger partial charge in [0.05, 0.1) is 11.6 Å². The number of rotatable bonds is 7. The number of carboxylic acids is 1. The molecule has 5 nitrogen and oxygen atoms in total. The highest BCUT2D eigenvalue weighted by atomic mass is 16.4. The quantitative estimate of drug-likeness (QED) is 0.185. The number of benzene rings is 3. The van der Waals surface area contributed by atoms with Crippen molar-refractivity contribution in [1.29, 1.82) is 10.7 Å². The number of aryl methyl sites for hydroxylation is 1. The van der Waals surface area contributed by atoms with Crippen molar-refractivity contribution < 1.29 is 9.90 Å². The van der Waals surface area contributed by atoms with Gasteiger partial charge in [-0.25, -0.2) is 4.79 Å². The predicted molar refractivity (Wildman–Crippen MR) is 134 cm³/mol. The number of carbonyl (C=O) groups is 1. The number of allylic oxidation sites excluding steroid dienone is 1. The molecule has 5 heteroatoms. The molecule has 0 aliphatic rings. The lowest BCUT2D eigenvalue weighted by molar-refractivity contribution is -0.131. The van der Waals surface area contributed by atoms with Crippen molar-refractivity contribution in [2.24, 2.45) is 0 Å². The zero-order valence-electron chi connectivity index (χ0n) is 18.6. The molecule has 3 rings (SSSR count). The van der Waals surface area contributed by atoms with E-state index in [2.05, 4.69) is 13.0 Å². The largest absolute Gasteiger partial charge is 0.478 e. The summed E-state index contributed by atoms with van der Waals surface area (Å²) >= 11 is 0. The zero-order valence-corrected chi connectivity index (χ0v) is 18.6. The van der Waals surface area contributed by atoms with Crippen LogP contribution >= 0.6 is 0 Å². The molecule has 33 heavy (non-hydrogen) atoms. The van der Waals surface area contributed by atoms with Crippen LogP contribution in [0.25, 0.3) is 17.2 Å². The summed E-state index contributed by atoms with van der Waals surface area (Å²) in [6.07, 6.45) is 4.65. The fourth-order valence-corrected chi connectivity index (χ4v) is 3.87. The van der Waals surface area contributed by atoms with Crippen molar-refractivity contribution >= 4 is 35.1 Å². The predicted octanol–water partition coefficient (Wildman–Crippen LogP) is 5.91. The summed E-state index contributed by atoms with van der Waals surface area (Å²) in [5.74, 6) is -0.995. The fourth-order valence-electron chi connectivity index (χ4n) is 3.87. The van der Waals surface area contributed by atoms with Gasteiger partial charge >= 0.3 is 5.97 Å². The molecule has 0 radical (unpaired) electrons. The second kappa shape index (κ2) is 10.3. The van der Waals surface area contributed by atoms with Crippen LogP contribution in [0.3, 0.4) is 0 Å². The summed E-state index contributed by atoms with van der Waals surface area (Å²) < 4.78 is 0. The van der Waals surface area contributed by atoms with Crippen LogP contribution in [-0.4, -0.2) is 17.3 Å². The van der Waals surface area contributed by atoms with Crippen LogP contribution in [0.5, 0.6) is 0 Å². The van der Waals surface area contributed by atoms with E-state index < -0.39 is 5.97 Å². The fraction of sp³-hybridized carbons (Fsp3) is 0.107. The molecule has 0 spiro atoms. The van der Waals surface area contributed by atoms with E-state index in [0.29, 0.717) is 16.8 Å². The summed E-state index contributed by atoms with van der Waals surface area (Å²) in [6, 6.07) is 21.2. The van der Waals surface area contributed by atoms with Crippen molar-refractivity contribution in [2.75, 3.05) is 5.73 Å². The summed E-state index contributed by atoms with van der Waals surface area (Å²) in [5, 5.41) is 25.9. The number of hydrogen-bond acceptors (Lipinski definition) is 4. The van der Waals surface area contributed by atoms with E-state index in [4.69, 9.17) is 16.2 Å². The lowest BCUT2D eigenvalue weighted by Gasteiger charge is -2.19. The smallest absolute Gasteiger partial charge is 0.328 e. The highest BCUT2D eigenvalue weighted by molar-refractivity contribution is 6.00. The Bertz CT molecular complexity index is 1310. The van der Waals surface area contributed by atoms with Crippen LogP contribution in [0.15, 0.2) is 66.7 Å². The number of nitrogen functional groups attached to an aromatic ring is 1. The lowest BCUT2D eigenvalue weighted by Crippen LogP contribution is -2.00. The molecule has 0 heterocycles. The van der Waals surface area contributed by atoms with Gasteiger partial charge in [0.1, 0.15) is 0 Å². The Labute approximate surface area is 193 Å². The third-order valence-corrected chi connectivity index (χ3v) is 5.48. The minimum atomic E-state index is -0.995.